The van der Waals surface area contributed by atoms with Gasteiger partial charge in [-0.05, 0) is 50.1 Å². The zero-order valence-electron chi connectivity index (χ0n) is 17.7. The maximum atomic E-state index is 12.4. The molecule has 0 radical (unpaired) electrons. The molecule has 2 aromatic carbocycles. The van der Waals surface area contributed by atoms with Gasteiger partial charge < -0.3 is 10.2 Å². The molecule has 0 aliphatic carbocycles. The number of anilines is 1. The Kier molecular flexibility index (Phi) is 6.36. The van der Waals surface area contributed by atoms with Crippen LogP contribution in [-0.4, -0.2) is 38.9 Å². The lowest BCUT2D eigenvalue weighted by molar-refractivity contribution is -0.119. The van der Waals surface area contributed by atoms with E-state index >= 15 is 0 Å². The topological polar surface area (TPSA) is 80.1 Å². The van der Waals surface area contributed by atoms with Gasteiger partial charge in [0, 0.05) is 30.9 Å². The van der Waals surface area contributed by atoms with Gasteiger partial charge in [0.05, 0.1) is 5.75 Å². The molecule has 0 spiro atoms. The molecule has 1 saturated heterocycles. The molecule has 4 rings (SSSR count). The zero-order valence-corrected chi connectivity index (χ0v) is 18.5. The summed E-state index contributed by atoms with van der Waals surface area (Å²) in [5.74, 6) is 1.14. The average molecular weight is 436 g/mol. The zero-order chi connectivity index (χ0) is 21.8. The Balaban J connectivity index is 1.31. The molecular formula is C23H25N5O2S. The van der Waals surface area contributed by atoms with Crippen molar-refractivity contribution >= 4 is 29.3 Å². The van der Waals surface area contributed by atoms with E-state index in [1.807, 2.05) is 71.8 Å². The molecular weight excluding hydrogens is 410 g/mol. The number of carbonyl (C=O) groups excluding carboxylic acids is 2. The predicted molar refractivity (Wildman–Crippen MR) is 121 cm³/mol. The molecule has 0 bridgehead atoms. The van der Waals surface area contributed by atoms with Gasteiger partial charge in [-0.1, -0.05) is 41.6 Å². The van der Waals surface area contributed by atoms with Crippen molar-refractivity contribution in [1.82, 2.24) is 20.1 Å². The number of carbonyl (C=O) groups is 2. The monoisotopic (exact) mass is 435 g/mol. The molecule has 1 aliphatic rings. The molecule has 1 N–H and O–H groups in total. The Morgan fingerprint density at radius 1 is 1.03 bits per heavy atom. The summed E-state index contributed by atoms with van der Waals surface area (Å²) >= 11 is 1.36. The third kappa shape index (κ3) is 4.96. The molecule has 0 atom stereocenters. The third-order valence-corrected chi connectivity index (χ3v) is 6.16. The van der Waals surface area contributed by atoms with Gasteiger partial charge in [0.25, 0.3) is 0 Å². The molecule has 160 valence electrons. The van der Waals surface area contributed by atoms with Crippen LogP contribution >= 0.6 is 11.8 Å². The van der Waals surface area contributed by atoms with E-state index in [2.05, 4.69) is 15.5 Å². The molecule has 1 aromatic heterocycles. The standard InChI is InChI=1S/C23H25N5O2S/c1-16-5-9-20(10-6-16)28-17(2)25-26-23(28)31-15-21(29)24-14-18-7-11-19(12-8-18)27-13-3-4-22(27)30/h5-12H,3-4,13-15H2,1-2H3,(H,24,29). The van der Waals surface area contributed by atoms with Crippen molar-refractivity contribution in [2.45, 2.75) is 38.4 Å². The lowest BCUT2D eigenvalue weighted by Gasteiger charge is -2.16. The number of rotatable bonds is 7. The van der Waals surface area contributed by atoms with E-state index in [4.69, 9.17) is 0 Å². The van der Waals surface area contributed by atoms with Crippen LogP contribution in [0.25, 0.3) is 5.69 Å². The summed E-state index contributed by atoms with van der Waals surface area (Å²) in [6.45, 7) is 5.16. The van der Waals surface area contributed by atoms with Gasteiger partial charge in [-0.3, -0.25) is 14.2 Å². The number of nitrogens with zero attached hydrogens (tertiary/aromatic N) is 4. The average Bonchev–Trinajstić information content (AvgIpc) is 3.37. The number of nitrogens with one attached hydrogen (secondary N) is 1. The first kappa shape index (κ1) is 21.1. The second-order valence-electron chi connectivity index (χ2n) is 7.58. The van der Waals surface area contributed by atoms with E-state index < -0.39 is 0 Å². The van der Waals surface area contributed by atoms with Crippen LogP contribution < -0.4 is 10.2 Å². The molecule has 3 aromatic rings. The smallest absolute Gasteiger partial charge is 0.230 e. The second-order valence-corrected chi connectivity index (χ2v) is 8.52. The van der Waals surface area contributed by atoms with Crippen molar-refractivity contribution in [3.8, 4) is 5.69 Å². The number of thioether (sulfide) groups is 1. The fraction of sp³-hybridized carbons (Fsp3) is 0.304. The first-order valence-corrected chi connectivity index (χ1v) is 11.3. The van der Waals surface area contributed by atoms with E-state index in [-0.39, 0.29) is 17.6 Å². The highest BCUT2D eigenvalue weighted by Crippen LogP contribution is 2.23. The van der Waals surface area contributed by atoms with Gasteiger partial charge >= 0.3 is 0 Å². The maximum absolute atomic E-state index is 12.4. The quantitative estimate of drug-likeness (QED) is 0.575. The highest BCUT2D eigenvalue weighted by Gasteiger charge is 2.21. The number of hydrogen-bond donors (Lipinski definition) is 1. The summed E-state index contributed by atoms with van der Waals surface area (Å²) in [5.41, 5.74) is 4.07. The van der Waals surface area contributed by atoms with Crippen molar-refractivity contribution in [3.63, 3.8) is 0 Å². The maximum Gasteiger partial charge on any atom is 0.230 e. The van der Waals surface area contributed by atoms with Gasteiger partial charge in [-0.15, -0.1) is 10.2 Å². The number of benzene rings is 2. The van der Waals surface area contributed by atoms with Crippen LogP contribution in [0.4, 0.5) is 5.69 Å². The summed E-state index contributed by atoms with van der Waals surface area (Å²) in [6.07, 6.45) is 1.53. The molecule has 2 heterocycles. The lowest BCUT2D eigenvalue weighted by Crippen LogP contribution is -2.25. The minimum atomic E-state index is -0.0695. The molecule has 1 aliphatic heterocycles. The van der Waals surface area contributed by atoms with E-state index in [9.17, 15) is 9.59 Å². The van der Waals surface area contributed by atoms with Gasteiger partial charge in [0.2, 0.25) is 11.8 Å². The summed E-state index contributed by atoms with van der Waals surface area (Å²) < 4.78 is 1.95. The van der Waals surface area contributed by atoms with Crippen LogP contribution in [0.15, 0.2) is 53.7 Å². The highest BCUT2D eigenvalue weighted by molar-refractivity contribution is 7.99. The van der Waals surface area contributed by atoms with Crippen LogP contribution in [0.3, 0.4) is 0 Å². The van der Waals surface area contributed by atoms with Crippen LogP contribution in [0.5, 0.6) is 0 Å². The largest absolute Gasteiger partial charge is 0.351 e. The van der Waals surface area contributed by atoms with E-state index in [1.165, 1.54) is 17.3 Å². The minimum Gasteiger partial charge on any atom is -0.351 e. The highest BCUT2D eigenvalue weighted by atomic mass is 32.2. The molecule has 7 nitrogen and oxygen atoms in total. The van der Waals surface area contributed by atoms with Gasteiger partial charge in [0.1, 0.15) is 5.82 Å². The van der Waals surface area contributed by atoms with Crippen LogP contribution in [0.2, 0.25) is 0 Å². The number of hydrogen-bond acceptors (Lipinski definition) is 5. The van der Waals surface area contributed by atoms with Gasteiger partial charge in [-0.2, -0.15) is 0 Å². The Hall–Kier alpha value is -3.13. The van der Waals surface area contributed by atoms with Crippen LogP contribution in [-0.2, 0) is 16.1 Å². The van der Waals surface area contributed by atoms with E-state index in [0.29, 0.717) is 18.1 Å². The fourth-order valence-corrected chi connectivity index (χ4v) is 4.35. The van der Waals surface area contributed by atoms with Crippen molar-refractivity contribution in [3.05, 3.63) is 65.5 Å². The van der Waals surface area contributed by atoms with E-state index in [1.54, 1.807) is 0 Å². The summed E-state index contributed by atoms with van der Waals surface area (Å²) in [5, 5.41) is 12.0. The van der Waals surface area contributed by atoms with Gasteiger partial charge in [0.15, 0.2) is 5.16 Å². The summed E-state index contributed by atoms with van der Waals surface area (Å²) in [6, 6.07) is 15.9. The van der Waals surface area contributed by atoms with Crippen LogP contribution in [0.1, 0.15) is 29.8 Å². The fourth-order valence-electron chi connectivity index (χ4n) is 3.52. The Morgan fingerprint density at radius 2 is 1.74 bits per heavy atom. The third-order valence-electron chi connectivity index (χ3n) is 5.23. The molecule has 1 fully saturated rings. The van der Waals surface area contributed by atoms with Crippen molar-refractivity contribution in [2.24, 2.45) is 0 Å². The molecule has 8 heteroatoms. The normalized spacial score (nSPS) is 13.6. The first-order valence-electron chi connectivity index (χ1n) is 10.3. The molecule has 2 amide bonds. The van der Waals surface area contributed by atoms with E-state index in [0.717, 1.165) is 35.7 Å². The Bertz CT molecular complexity index is 1080. The number of aryl methyl sites for hydroxylation is 2. The summed E-state index contributed by atoms with van der Waals surface area (Å²) in [7, 11) is 0. The van der Waals surface area contributed by atoms with Gasteiger partial charge in [-0.25, -0.2) is 0 Å². The minimum absolute atomic E-state index is 0.0695. The SMILES string of the molecule is Cc1ccc(-n2c(C)nnc2SCC(=O)NCc2ccc(N3CCCC3=O)cc2)cc1. The predicted octanol–water partition coefficient (Wildman–Crippen LogP) is 3.42. The summed E-state index contributed by atoms with van der Waals surface area (Å²) in [4.78, 5) is 26.0. The Labute approximate surface area is 185 Å². The Morgan fingerprint density at radius 3 is 2.42 bits per heavy atom. The van der Waals surface area contributed by atoms with Crippen molar-refractivity contribution < 1.29 is 9.59 Å². The lowest BCUT2D eigenvalue weighted by atomic mass is 10.2. The van der Waals surface area contributed by atoms with Crippen LogP contribution in [0, 0.1) is 13.8 Å². The molecule has 0 unspecified atom stereocenters. The molecule has 0 saturated carbocycles. The number of aromatic nitrogens is 3. The number of amides is 2. The second kappa shape index (κ2) is 9.34. The van der Waals surface area contributed by atoms with Crippen molar-refractivity contribution in [2.75, 3.05) is 17.2 Å². The van der Waals surface area contributed by atoms with Crippen molar-refractivity contribution in [1.29, 1.82) is 0 Å². The first-order chi connectivity index (χ1) is 15.0. The molecule has 31 heavy (non-hydrogen) atoms.